The summed E-state index contributed by atoms with van der Waals surface area (Å²) in [5, 5.41) is 0. The van der Waals surface area contributed by atoms with Gasteiger partial charge in [0.15, 0.2) is 0 Å². The van der Waals surface area contributed by atoms with Gasteiger partial charge in [-0.05, 0) is 34.4 Å². The first kappa shape index (κ1) is 20.0. The molecule has 3 aliphatic carbocycles. The zero-order valence-electron chi connectivity index (χ0n) is 16.5. The van der Waals surface area contributed by atoms with Gasteiger partial charge in [0.05, 0.1) is 0 Å². The Balaban J connectivity index is 1.65. The number of fused-ring (bicyclic) bond motifs is 7. The molecule has 3 aromatic carbocycles. The van der Waals surface area contributed by atoms with Gasteiger partial charge in [0, 0.05) is 28.4 Å². The lowest BCUT2D eigenvalue weighted by Gasteiger charge is -2.58. The molecule has 2 atom stereocenters. The summed E-state index contributed by atoms with van der Waals surface area (Å²) < 4.78 is 88.7. The van der Waals surface area contributed by atoms with E-state index < -0.39 is 41.4 Å². The monoisotopic (exact) mass is 458 g/mol. The molecule has 0 bridgehead atoms. The standard InChI is InChI=1S/C25H12F6O2/c26-21(27)23(30)32-15-9-10-16(33-24(31)22(28)29)18-17(15)19-11-5-1-3-7-13(11)25(19)14-8-4-2-6-12(14)20(18)25/h1-10,19-20H. The minimum atomic E-state index is -2.63. The van der Waals surface area contributed by atoms with Gasteiger partial charge in [-0.3, -0.25) is 0 Å². The molecule has 3 aromatic rings. The maximum Gasteiger partial charge on any atom is 0.344 e. The second kappa shape index (κ2) is 6.66. The lowest BCUT2D eigenvalue weighted by Crippen LogP contribution is -2.52. The fourth-order valence-electron chi connectivity index (χ4n) is 5.93. The van der Waals surface area contributed by atoms with Crippen LogP contribution < -0.4 is 9.47 Å². The van der Waals surface area contributed by atoms with E-state index in [-0.39, 0.29) is 11.5 Å². The normalized spacial score (nSPS) is 22.4. The van der Waals surface area contributed by atoms with Crippen molar-refractivity contribution in [3.8, 4) is 11.5 Å². The van der Waals surface area contributed by atoms with Gasteiger partial charge < -0.3 is 9.47 Å². The fraction of sp³-hybridized carbons (Fsp3) is 0.120. The van der Waals surface area contributed by atoms with Crippen LogP contribution >= 0.6 is 0 Å². The predicted octanol–water partition coefficient (Wildman–Crippen LogP) is 7.40. The summed E-state index contributed by atoms with van der Waals surface area (Å²) in [6.45, 7) is 0. The van der Waals surface area contributed by atoms with Gasteiger partial charge in [-0.1, -0.05) is 48.5 Å². The van der Waals surface area contributed by atoms with Gasteiger partial charge in [-0.15, -0.1) is 0 Å². The molecular formula is C25H12F6O2. The van der Waals surface area contributed by atoms with Gasteiger partial charge >= 0.3 is 24.2 Å². The third kappa shape index (κ3) is 2.35. The summed E-state index contributed by atoms with van der Waals surface area (Å²) in [5.74, 6) is -1.27. The van der Waals surface area contributed by atoms with Gasteiger partial charge in [-0.25, -0.2) is 0 Å². The molecule has 6 rings (SSSR count). The number of benzene rings is 3. The predicted molar refractivity (Wildman–Crippen MR) is 106 cm³/mol. The smallest absolute Gasteiger partial charge is 0.344 e. The summed E-state index contributed by atoms with van der Waals surface area (Å²) in [6.07, 6.45) is -5.27. The molecule has 2 nitrogen and oxygen atoms in total. The van der Waals surface area contributed by atoms with E-state index in [1.54, 1.807) is 0 Å². The van der Waals surface area contributed by atoms with Gasteiger partial charge in [0.25, 0.3) is 0 Å². The molecule has 0 heterocycles. The zero-order valence-corrected chi connectivity index (χ0v) is 16.5. The molecule has 0 fully saturated rings. The van der Waals surface area contributed by atoms with E-state index in [2.05, 4.69) is 0 Å². The van der Waals surface area contributed by atoms with Crippen LogP contribution in [0.3, 0.4) is 0 Å². The van der Waals surface area contributed by atoms with E-state index >= 15 is 0 Å². The third-order valence-electron chi connectivity index (χ3n) is 6.83. The molecule has 3 aliphatic rings. The molecule has 0 amide bonds. The topological polar surface area (TPSA) is 18.5 Å². The third-order valence-corrected chi connectivity index (χ3v) is 6.83. The summed E-state index contributed by atoms with van der Waals surface area (Å²) in [5.41, 5.74) is 3.70. The number of ether oxygens (including phenoxy) is 2. The molecular weight excluding hydrogens is 446 g/mol. The van der Waals surface area contributed by atoms with E-state index in [4.69, 9.17) is 9.47 Å². The first-order valence-electron chi connectivity index (χ1n) is 10.00. The number of rotatable bonds is 4. The number of hydrogen-bond acceptors (Lipinski definition) is 2. The molecule has 0 aromatic heterocycles. The molecule has 2 unspecified atom stereocenters. The maximum absolute atomic E-state index is 13.8. The van der Waals surface area contributed by atoms with E-state index in [1.807, 2.05) is 48.5 Å². The van der Waals surface area contributed by atoms with Crippen LogP contribution in [0.4, 0.5) is 26.3 Å². The molecule has 166 valence electrons. The summed E-state index contributed by atoms with van der Waals surface area (Å²) in [4.78, 5) is 0. The largest absolute Gasteiger partial charge is 0.428 e. The fourth-order valence-corrected chi connectivity index (χ4v) is 5.93. The van der Waals surface area contributed by atoms with Crippen molar-refractivity contribution in [2.75, 3.05) is 0 Å². The van der Waals surface area contributed by atoms with Crippen LogP contribution in [0.5, 0.6) is 11.5 Å². The average molecular weight is 458 g/mol. The van der Waals surface area contributed by atoms with Crippen LogP contribution in [-0.4, -0.2) is 0 Å². The second-order valence-electron chi connectivity index (χ2n) is 8.07. The van der Waals surface area contributed by atoms with Crippen LogP contribution in [0.2, 0.25) is 0 Å². The molecule has 1 spiro atoms. The Morgan fingerprint density at radius 3 is 1.36 bits per heavy atom. The average Bonchev–Trinajstić information content (AvgIpc) is 3.01. The Morgan fingerprint density at radius 1 is 0.576 bits per heavy atom. The van der Waals surface area contributed by atoms with E-state index in [0.717, 1.165) is 34.4 Å². The minimum Gasteiger partial charge on any atom is -0.428 e. The summed E-state index contributed by atoms with van der Waals surface area (Å²) in [6, 6.07) is 13.1. The van der Waals surface area contributed by atoms with Crippen molar-refractivity contribution in [2.45, 2.75) is 17.3 Å². The van der Waals surface area contributed by atoms with Crippen molar-refractivity contribution in [3.63, 3.8) is 0 Å². The van der Waals surface area contributed by atoms with Crippen LogP contribution in [0, 0.1) is 0 Å². The Hall–Kier alpha value is -3.68. The highest BCUT2D eigenvalue weighted by Gasteiger charge is 2.70. The highest BCUT2D eigenvalue weighted by Crippen LogP contribution is 2.79. The molecule has 8 heteroatoms. The molecule has 0 N–H and O–H groups in total. The molecule has 0 aliphatic heterocycles. The van der Waals surface area contributed by atoms with E-state index in [9.17, 15) is 26.3 Å². The Labute approximate surface area is 183 Å². The summed E-state index contributed by atoms with van der Waals surface area (Å²) >= 11 is 0. The van der Waals surface area contributed by atoms with Crippen molar-refractivity contribution in [1.29, 1.82) is 0 Å². The number of hydrogen-bond donors (Lipinski definition) is 0. The molecule has 0 saturated carbocycles. The minimum absolute atomic E-state index is 0.202. The summed E-state index contributed by atoms with van der Waals surface area (Å²) in [7, 11) is 0. The highest BCUT2D eigenvalue weighted by molar-refractivity contribution is 5.82. The van der Waals surface area contributed by atoms with Crippen molar-refractivity contribution in [3.05, 3.63) is 118 Å². The Kier molecular flexibility index (Phi) is 4.03. The molecule has 0 radical (unpaired) electrons. The maximum atomic E-state index is 13.8. The van der Waals surface area contributed by atoms with E-state index in [1.165, 1.54) is 0 Å². The lowest BCUT2D eigenvalue weighted by atomic mass is 9.43. The quantitative estimate of drug-likeness (QED) is 0.300. The number of halogens is 6. The van der Waals surface area contributed by atoms with Crippen molar-refractivity contribution < 1.29 is 35.8 Å². The lowest BCUT2D eigenvalue weighted by molar-refractivity contribution is 0.235. The van der Waals surface area contributed by atoms with Crippen LogP contribution in [0.15, 0.2) is 84.9 Å². The van der Waals surface area contributed by atoms with Crippen LogP contribution in [0.25, 0.3) is 0 Å². The Morgan fingerprint density at radius 2 is 0.970 bits per heavy atom. The van der Waals surface area contributed by atoms with Gasteiger partial charge in [-0.2, -0.15) is 26.3 Å². The van der Waals surface area contributed by atoms with Crippen LogP contribution in [0.1, 0.15) is 45.2 Å². The second-order valence-corrected chi connectivity index (χ2v) is 8.07. The van der Waals surface area contributed by atoms with Crippen molar-refractivity contribution in [2.24, 2.45) is 0 Å². The molecule has 33 heavy (non-hydrogen) atoms. The van der Waals surface area contributed by atoms with Crippen LogP contribution in [-0.2, 0) is 5.41 Å². The van der Waals surface area contributed by atoms with E-state index in [0.29, 0.717) is 11.1 Å². The first-order valence-corrected chi connectivity index (χ1v) is 10.00. The van der Waals surface area contributed by atoms with Gasteiger partial charge in [0.2, 0.25) is 0 Å². The van der Waals surface area contributed by atoms with Crippen molar-refractivity contribution >= 4 is 0 Å². The van der Waals surface area contributed by atoms with Gasteiger partial charge in [0.1, 0.15) is 11.5 Å². The molecule has 0 saturated heterocycles. The van der Waals surface area contributed by atoms with Crippen molar-refractivity contribution in [1.82, 2.24) is 0 Å². The zero-order chi connectivity index (χ0) is 23.1. The SMILES string of the molecule is FC(F)=C(F)Oc1ccc(OC(F)=C(F)F)c2c1C1c3ccccc3C13c1ccccc1C23. The first-order chi connectivity index (χ1) is 15.9. The Bertz CT molecular complexity index is 1300. The highest BCUT2D eigenvalue weighted by atomic mass is 19.3.